The Morgan fingerprint density at radius 2 is 1.96 bits per heavy atom. The fourth-order valence-electron chi connectivity index (χ4n) is 3.49. The van der Waals surface area contributed by atoms with E-state index in [0.29, 0.717) is 25.5 Å². The molecular weight excluding hydrogens is 316 g/mol. The van der Waals surface area contributed by atoms with Crippen molar-refractivity contribution in [1.82, 2.24) is 14.9 Å². The lowest BCUT2D eigenvalue weighted by atomic mass is 9.91. The van der Waals surface area contributed by atoms with Gasteiger partial charge >= 0.3 is 6.01 Å². The molecule has 6 heteroatoms. The molecule has 0 unspecified atom stereocenters. The van der Waals surface area contributed by atoms with Crippen molar-refractivity contribution in [2.45, 2.75) is 32.9 Å². The molecule has 1 aromatic heterocycles. The first kappa shape index (κ1) is 15.7. The van der Waals surface area contributed by atoms with Gasteiger partial charge in [-0.2, -0.15) is 0 Å². The minimum Gasteiger partial charge on any atom is -0.467 e. The average Bonchev–Trinajstić information content (AvgIpc) is 3.03. The molecule has 2 aromatic rings. The van der Waals surface area contributed by atoms with E-state index >= 15 is 0 Å². The van der Waals surface area contributed by atoms with Crippen LogP contribution < -0.4 is 4.74 Å². The van der Waals surface area contributed by atoms with Crippen LogP contribution in [-0.4, -0.2) is 40.1 Å². The van der Waals surface area contributed by atoms with Gasteiger partial charge in [-0.15, -0.1) is 0 Å². The van der Waals surface area contributed by atoms with E-state index in [9.17, 15) is 4.79 Å². The van der Waals surface area contributed by atoms with Gasteiger partial charge in [-0.1, -0.05) is 13.0 Å². The van der Waals surface area contributed by atoms with Gasteiger partial charge in [0.1, 0.15) is 0 Å². The summed E-state index contributed by atoms with van der Waals surface area (Å²) in [6.45, 7) is 4.22. The number of carbonyl (C=O) groups is 1. The standard InChI is InChI=1S/C19H20N4O2/c1-3-4-23-11-14-6-16-13(5-12(14)7-17(23)24)8-20-18(16)15-9-21-19(25-2)22-10-15/h5-6,9-10H,3-4,7-8,11H2,1-2H3. The SMILES string of the molecule is CCCN1Cc2cc3c(cc2CC1=O)CN=C3c1cnc(OC)nc1. The summed E-state index contributed by atoms with van der Waals surface area (Å²) in [6.07, 6.45) is 4.95. The second-order valence-electron chi connectivity index (χ2n) is 6.39. The maximum atomic E-state index is 12.3. The Balaban J connectivity index is 1.68. The smallest absolute Gasteiger partial charge is 0.316 e. The van der Waals surface area contributed by atoms with Gasteiger partial charge < -0.3 is 9.64 Å². The molecule has 1 aromatic carbocycles. The Kier molecular flexibility index (Phi) is 3.95. The molecule has 4 rings (SSSR count). The van der Waals surface area contributed by atoms with E-state index in [1.54, 1.807) is 19.5 Å². The number of benzene rings is 1. The summed E-state index contributed by atoms with van der Waals surface area (Å²) in [5.74, 6) is 0.219. The zero-order valence-electron chi connectivity index (χ0n) is 14.5. The van der Waals surface area contributed by atoms with E-state index in [1.165, 1.54) is 11.1 Å². The van der Waals surface area contributed by atoms with Crippen LogP contribution in [0.4, 0.5) is 0 Å². The second kappa shape index (κ2) is 6.27. The molecule has 25 heavy (non-hydrogen) atoms. The summed E-state index contributed by atoms with van der Waals surface area (Å²) >= 11 is 0. The van der Waals surface area contributed by atoms with Gasteiger partial charge in [0.05, 0.1) is 25.8 Å². The van der Waals surface area contributed by atoms with Gasteiger partial charge in [0, 0.05) is 36.6 Å². The molecule has 0 bridgehead atoms. The van der Waals surface area contributed by atoms with Crippen LogP contribution in [0.5, 0.6) is 6.01 Å². The molecule has 2 aliphatic rings. The molecule has 0 saturated heterocycles. The van der Waals surface area contributed by atoms with Gasteiger partial charge in [-0.25, -0.2) is 9.97 Å². The molecule has 0 saturated carbocycles. The van der Waals surface area contributed by atoms with E-state index in [4.69, 9.17) is 4.74 Å². The molecule has 0 radical (unpaired) electrons. The normalized spacial score (nSPS) is 15.7. The van der Waals surface area contributed by atoms with Crippen molar-refractivity contribution in [3.05, 3.63) is 52.3 Å². The van der Waals surface area contributed by atoms with Crippen LogP contribution in [0.25, 0.3) is 0 Å². The number of hydrogen-bond donors (Lipinski definition) is 0. The molecule has 1 amide bonds. The van der Waals surface area contributed by atoms with Crippen LogP contribution >= 0.6 is 0 Å². The van der Waals surface area contributed by atoms with Crippen molar-refractivity contribution < 1.29 is 9.53 Å². The molecule has 0 aliphatic carbocycles. The molecule has 0 atom stereocenters. The fourth-order valence-corrected chi connectivity index (χ4v) is 3.49. The summed E-state index contributed by atoms with van der Waals surface area (Å²) < 4.78 is 5.02. The number of methoxy groups -OCH3 is 1. The highest BCUT2D eigenvalue weighted by molar-refractivity contribution is 6.15. The maximum Gasteiger partial charge on any atom is 0.316 e. The zero-order chi connectivity index (χ0) is 17.4. The van der Waals surface area contributed by atoms with Crippen LogP contribution in [0, 0.1) is 0 Å². The molecule has 0 spiro atoms. The average molecular weight is 336 g/mol. The highest BCUT2D eigenvalue weighted by Gasteiger charge is 2.26. The van der Waals surface area contributed by atoms with Crippen LogP contribution in [-0.2, 0) is 24.3 Å². The number of nitrogens with zero attached hydrogens (tertiary/aromatic N) is 4. The van der Waals surface area contributed by atoms with Gasteiger partial charge in [0.25, 0.3) is 0 Å². The van der Waals surface area contributed by atoms with E-state index in [-0.39, 0.29) is 5.91 Å². The van der Waals surface area contributed by atoms with Gasteiger partial charge in [-0.3, -0.25) is 9.79 Å². The minimum absolute atomic E-state index is 0.219. The van der Waals surface area contributed by atoms with Crippen molar-refractivity contribution in [2.75, 3.05) is 13.7 Å². The van der Waals surface area contributed by atoms with Crippen molar-refractivity contribution in [3.8, 4) is 6.01 Å². The second-order valence-corrected chi connectivity index (χ2v) is 6.39. The van der Waals surface area contributed by atoms with Gasteiger partial charge in [-0.05, 0) is 29.2 Å². The molecule has 128 valence electrons. The van der Waals surface area contributed by atoms with Crippen LogP contribution in [0.15, 0.2) is 29.5 Å². The molecule has 0 N–H and O–H groups in total. The quantitative estimate of drug-likeness (QED) is 0.858. The van der Waals surface area contributed by atoms with Crippen molar-refractivity contribution in [3.63, 3.8) is 0 Å². The number of aliphatic imine (C=N–C) groups is 1. The molecular formula is C19H20N4O2. The number of ether oxygens (including phenoxy) is 1. The van der Waals surface area contributed by atoms with Gasteiger partial charge in [0.2, 0.25) is 5.91 Å². The summed E-state index contributed by atoms with van der Waals surface area (Å²) in [4.78, 5) is 27.2. The molecule has 2 aliphatic heterocycles. The Morgan fingerprint density at radius 1 is 1.16 bits per heavy atom. The third-order valence-electron chi connectivity index (χ3n) is 4.72. The largest absolute Gasteiger partial charge is 0.467 e. The van der Waals surface area contributed by atoms with E-state index < -0.39 is 0 Å². The number of aromatic nitrogens is 2. The minimum atomic E-state index is 0.219. The van der Waals surface area contributed by atoms with Crippen molar-refractivity contribution in [1.29, 1.82) is 0 Å². The Morgan fingerprint density at radius 3 is 2.68 bits per heavy atom. The Hall–Kier alpha value is -2.76. The third-order valence-corrected chi connectivity index (χ3v) is 4.72. The number of amides is 1. The highest BCUT2D eigenvalue weighted by Crippen LogP contribution is 2.29. The number of rotatable bonds is 4. The Labute approximate surface area is 146 Å². The number of fused-ring (bicyclic) bond motifs is 2. The fraction of sp³-hybridized carbons (Fsp3) is 0.368. The summed E-state index contributed by atoms with van der Waals surface area (Å²) in [5.41, 5.74) is 6.45. The van der Waals surface area contributed by atoms with Crippen molar-refractivity contribution >= 4 is 11.6 Å². The molecule has 3 heterocycles. The van der Waals surface area contributed by atoms with Gasteiger partial charge in [0.15, 0.2) is 0 Å². The lowest BCUT2D eigenvalue weighted by molar-refractivity contribution is -0.131. The predicted octanol–water partition coefficient (Wildman–Crippen LogP) is 2.13. The lowest BCUT2D eigenvalue weighted by Gasteiger charge is -2.29. The number of carbonyl (C=O) groups excluding carboxylic acids is 1. The monoisotopic (exact) mass is 336 g/mol. The number of hydrogen-bond acceptors (Lipinski definition) is 5. The topological polar surface area (TPSA) is 67.7 Å². The summed E-state index contributed by atoms with van der Waals surface area (Å²) in [6, 6.07) is 4.68. The first-order valence-corrected chi connectivity index (χ1v) is 8.53. The van der Waals surface area contributed by atoms with Crippen LogP contribution in [0.3, 0.4) is 0 Å². The van der Waals surface area contributed by atoms with Crippen molar-refractivity contribution in [2.24, 2.45) is 4.99 Å². The van der Waals surface area contributed by atoms with E-state index in [1.807, 2.05) is 4.90 Å². The Bertz CT molecular complexity index is 858. The summed E-state index contributed by atoms with van der Waals surface area (Å²) in [5, 5.41) is 0. The first-order chi connectivity index (χ1) is 12.2. The van der Waals surface area contributed by atoms with Crippen LogP contribution in [0.1, 0.15) is 41.2 Å². The maximum absolute atomic E-state index is 12.3. The summed E-state index contributed by atoms with van der Waals surface area (Å²) in [7, 11) is 1.55. The van der Waals surface area contributed by atoms with E-state index in [0.717, 1.165) is 35.4 Å². The predicted molar refractivity (Wildman–Crippen MR) is 93.8 cm³/mol. The zero-order valence-corrected chi connectivity index (χ0v) is 14.5. The molecule has 6 nitrogen and oxygen atoms in total. The molecule has 0 fully saturated rings. The third kappa shape index (κ3) is 2.77. The van der Waals surface area contributed by atoms with Crippen LogP contribution in [0.2, 0.25) is 0 Å². The van der Waals surface area contributed by atoms with E-state index in [2.05, 4.69) is 34.0 Å². The first-order valence-electron chi connectivity index (χ1n) is 8.53. The lowest BCUT2D eigenvalue weighted by Crippen LogP contribution is -2.36. The highest BCUT2D eigenvalue weighted by atomic mass is 16.5.